The third-order valence-corrected chi connectivity index (χ3v) is 4.41. The van der Waals surface area contributed by atoms with Gasteiger partial charge in [-0.1, -0.05) is 11.6 Å². The second-order valence-corrected chi connectivity index (χ2v) is 6.44. The van der Waals surface area contributed by atoms with Crippen LogP contribution in [0.5, 0.6) is 0 Å². The molecule has 0 aliphatic rings. The van der Waals surface area contributed by atoms with Crippen molar-refractivity contribution in [2.24, 2.45) is 0 Å². The second kappa shape index (κ2) is 5.78. The first kappa shape index (κ1) is 17.2. The minimum Gasteiger partial charge on any atom is -0.477 e. The van der Waals surface area contributed by atoms with E-state index in [1.54, 1.807) is 0 Å². The smallest absolute Gasteiger partial charge is 0.417 e. The van der Waals surface area contributed by atoms with Crippen molar-refractivity contribution >= 4 is 33.3 Å². The fraction of sp³-hybridized carbons (Fsp3) is 0.0833. The molecule has 0 saturated carbocycles. The molecule has 2 aromatic rings. The molecule has 1 aromatic heterocycles. The number of carboxylic acids is 1. The van der Waals surface area contributed by atoms with Crippen LogP contribution in [0.25, 0.3) is 0 Å². The molecule has 0 amide bonds. The van der Waals surface area contributed by atoms with E-state index in [-0.39, 0.29) is 11.4 Å². The van der Waals surface area contributed by atoms with Crippen LogP contribution in [0, 0.1) is 0 Å². The number of halogens is 4. The van der Waals surface area contributed by atoms with Gasteiger partial charge in [0.2, 0.25) is 0 Å². The minimum atomic E-state index is -4.75. The van der Waals surface area contributed by atoms with Crippen molar-refractivity contribution < 1.29 is 31.5 Å². The van der Waals surface area contributed by atoms with Gasteiger partial charge in [-0.2, -0.15) is 13.2 Å². The largest absolute Gasteiger partial charge is 0.477 e. The van der Waals surface area contributed by atoms with E-state index < -0.39 is 37.7 Å². The van der Waals surface area contributed by atoms with E-state index >= 15 is 0 Å². The van der Waals surface area contributed by atoms with Crippen LogP contribution in [0.1, 0.15) is 16.1 Å². The summed E-state index contributed by atoms with van der Waals surface area (Å²) < 4.78 is 64.3. The van der Waals surface area contributed by atoms with Gasteiger partial charge in [-0.3, -0.25) is 4.72 Å². The Kier molecular flexibility index (Phi) is 4.31. The van der Waals surface area contributed by atoms with Crippen LogP contribution in [-0.4, -0.2) is 24.5 Å². The molecular formula is C12H8ClF3N2O4S. The van der Waals surface area contributed by atoms with Gasteiger partial charge in [0.15, 0.2) is 0 Å². The molecule has 0 spiro atoms. The fourth-order valence-electron chi connectivity index (χ4n) is 1.67. The van der Waals surface area contributed by atoms with Gasteiger partial charge in [0.05, 0.1) is 10.6 Å². The summed E-state index contributed by atoms with van der Waals surface area (Å²) >= 11 is 5.44. The number of H-pyrrole nitrogens is 1. The molecule has 0 bridgehead atoms. The number of sulfonamides is 1. The Hall–Kier alpha value is -2.20. The first-order chi connectivity index (χ1) is 10.5. The summed E-state index contributed by atoms with van der Waals surface area (Å²) in [6, 6.07) is 3.35. The van der Waals surface area contributed by atoms with Crippen molar-refractivity contribution in [3.05, 3.63) is 46.7 Å². The van der Waals surface area contributed by atoms with Crippen molar-refractivity contribution in [1.29, 1.82) is 0 Å². The van der Waals surface area contributed by atoms with Crippen LogP contribution < -0.4 is 4.72 Å². The van der Waals surface area contributed by atoms with Gasteiger partial charge in [0.1, 0.15) is 10.6 Å². The zero-order valence-electron chi connectivity index (χ0n) is 11.0. The van der Waals surface area contributed by atoms with Crippen molar-refractivity contribution in [2.45, 2.75) is 11.1 Å². The third kappa shape index (κ3) is 3.77. The highest BCUT2D eigenvalue weighted by Crippen LogP contribution is 2.36. The van der Waals surface area contributed by atoms with Crippen molar-refractivity contribution in [3.8, 4) is 0 Å². The molecule has 0 aliphatic carbocycles. The SMILES string of the molecule is O=C(O)c1cc(S(=O)(=O)Nc2ccc(Cl)c(C(F)(F)F)c2)c[nH]1. The summed E-state index contributed by atoms with van der Waals surface area (Å²) in [5.74, 6) is -1.38. The van der Waals surface area contributed by atoms with Crippen LogP contribution in [0.2, 0.25) is 5.02 Å². The molecule has 0 radical (unpaired) electrons. The van der Waals surface area contributed by atoms with Gasteiger partial charge < -0.3 is 10.1 Å². The predicted octanol–water partition coefficient (Wildman–Crippen LogP) is 3.19. The van der Waals surface area contributed by atoms with Crippen molar-refractivity contribution in [3.63, 3.8) is 0 Å². The fourth-order valence-corrected chi connectivity index (χ4v) is 2.94. The van der Waals surface area contributed by atoms with Crippen LogP contribution in [-0.2, 0) is 16.2 Å². The number of nitrogens with one attached hydrogen (secondary N) is 2. The summed E-state index contributed by atoms with van der Waals surface area (Å²) in [7, 11) is -4.26. The quantitative estimate of drug-likeness (QED) is 0.771. The van der Waals surface area contributed by atoms with Gasteiger partial charge in [-0.05, 0) is 24.3 Å². The van der Waals surface area contributed by atoms with Gasteiger partial charge in [-0.15, -0.1) is 0 Å². The van der Waals surface area contributed by atoms with E-state index in [0.717, 1.165) is 24.4 Å². The molecule has 2 rings (SSSR count). The summed E-state index contributed by atoms with van der Waals surface area (Å²) in [6.45, 7) is 0. The number of hydrogen-bond acceptors (Lipinski definition) is 3. The molecule has 6 nitrogen and oxygen atoms in total. The van der Waals surface area contributed by atoms with E-state index in [1.165, 1.54) is 0 Å². The van der Waals surface area contributed by atoms with E-state index in [2.05, 4.69) is 4.98 Å². The maximum absolute atomic E-state index is 12.7. The predicted molar refractivity (Wildman–Crippen MR) is 75.0 cm³/mol. The second-order valence-electron chi connectivity index (χ2n) is 4.35. The normalized spacial score (nSPS) is 12.2. The number of benzene rings is 1. The molecule has 0 unspecified atom stereocenters. The molecule has 124 valence electrons. The van der Waals surface area contributed by atoms with Gasteiger partial charge >= 0.3 is 12.1 Å². The zero-order valence-corrected chi connectivity index (χ0v) is 12.6. The molecule has 11 heteroatoms. The Morgan fingerprint density at radius 3 is 2.43 bits per heavy atom. The Bertz CT molecular complexity index is 861. The molecule has 0 atom stereocenters. The molecule has 3 N–H and O–H groups in total. The average molecular weight is 369 g/mol. The zero-order chi connectivity index (χ0) is 17.4. The maximum Gasteiger partial charge on any atom is 0.417 e. The Balaban J connectivity index is 2.35. The molecule has 1 heterocycles. The summed E-state index contributed by atoms with van der Waals surface area (Å²) in [5.41, 5.74) is -1.93. The number of carbonyl (C=O) groups is 1. The van der Waals surface area contributed by atoms with Crippen LogP contribution in [0.4, 0.5) is 18.9 Å². The van der Waals surface area contributed by atoms with Crippen LogP contribution in [0.15, 0.2) is 35.4 Å². The topological polar surface area (TPSA) is 99.3 Å². The minimum absolute atomic E-state index is 0.361. The van der Waals surface area contributed by atoms with Gasteiger partial charge in [-0.25, -0.2) is 13.2 Å². The van der Waals surface area contributed by atoms with E-state index in [0.29, 0.717) is 6.07 Å². The summed E-state index contributed by atoms with van der Waals surface area (Å²) in [6.07, 6.45) is -3.84. The number of aromatic amines is 1. The standard InChI is InChI=1S/C12H8ClF3N2O4S/c13-9-2-1-6(3-8(9)12(14,15)16)18-23(21,22)7-4-10(11(19)20)17-5-7/h1-5,17-18H,(H,19,20). The van der Waals surface area contributed by atoms with E-state index in [4.69, 9.17) is 16.7 Å². The van der Waals surface area contributed by atoms with Gasteiger partial charge in [0, 0.05) is 11.9 Å². The Labute approximate surface area is 132 Å². The highest BCUT2D eigenvalue weighted by molar-refractivity contribution is 7.92. The number of hydrogen-bond donors (Lipinski definition) is 3. The summed E-state index contributed by atoms with van der Waals surface area (Å²) in [4.78, 5) is 12.5. The van der Waals surface area contributed by atoms with Gasteiger partial charge in [0.25, 0.3) is 10.0 Å². The molecular weight excluding hydrogens is 361 g/mol. The van der Waals surface area contributed by atoms with E-state index in [9.17, 15) is 26.4 Å². The average Bonchev–Trinajstić information content (AvgIpc) is 2.90. The van der Waals surface area contributed by atoms with E-state index in [1.807, 2.05) is 4.72 Å². The number of aromatic nitrogens is 1. The first-order valence-electron chi connectivity index (χ1n) is 5.82. The highest BCUT2D eigenvalue weighted by atomic mass is 35.5. The lowest BCUT2D eigenvalue weighted by Gasteiger charge is -2.12. The van der Waals surface area contributed by atoms with Crippen LogP contribution in [0.3, 0.4) is 0 Å². The monoisotopic (exact) mass is 368 g/mol. The number of rotatable bonds is 4. The molecule has 23 heavy (non-hydrogen) atoms. The lowest BCUT2D eigenvalue weighted by Crippen LogP contribution is -2.13. The number of carboxylic acid groups (broad SMARTS) is 1. The highest BCUT2D eigenvalue weighted by Gasteiger charge is 2.33. The molecule has 0 aliphatic heterocycles. The third-order valence-electron chi connectivity index (χ3n) is 2.72. The molecule has 0 saturated heterocycles. The number of anilines is 1. The lowest BCUT2D eigenvalue weighted by atomic mass is 10.2. The maximum atomic E-state index is 12.7. The Morgan fingerprint density at radius 1 is 1.26 bits per heavy atom. The van der Waals surface area contributed by atoms with Crippen LogP contribution >= 0.6 is 11.6 Å². The summed E-state index contributed by atoms with van der Waals surface area (Å²) in [5, 5.41) is 8.15. The van der Waals surface area contributed by atoms with Crippen molar-refractivity contribution in [1.82, 2.24) is 4.98 Å². The number of alkyl halides is 3. The Morgan fingerprint density at radius 2 is 1.91 bits per heavy atom. The van der Waals surface area contributed by atoms with Crippen molar-refractivity contribution in [2.75, 3.05) is 4.72 Å². The molecule has 1 aromatic carbocycles. The lowest BCUT2D eigenvalue weighted by molar-refractivity contribution is -0.137. The first-order valence-corrected chi connectivity index (χ1v) is 7.68. The number of aromatic carboxylic acids is 1. The molecule has 0 fully saturated rings.